The second kappa shape index (κ2) is 7.81. The summed E-state index contributed by atoms with van der Waals surface area (Å²) in [6, 6.07) is 16.6. The van der Waals surface area contributed by atoms with Gasteiger partial charge in [-0.15, -0.1) is 0 Å². The van der Waals surface area contributed by atoms with Gasteiger partial charge in [-0.3, -0.25) is 9.69 Å². The van der Waals surface area contributed by atoms with Crippen molar-refractivity contribution in [3.05, 3.63) is 70.2 Å². The van der Waals surface area contributed by atoms with Gasteiger partial charge in [0.25, 0.3) is 0 Å². The molecule has 26 heavy (non-hydrogen) atoms. The maximum Gasteiger partial charge on any atom is 0.223 e. The molecule has 0 bridgehead atoms. The van der Waals surface area contributed by atoms with Gasteiger partial charge in [0, 0.05) is 37.1 Å². The van der Waals surface area contributed by atoms with E-state index in [0.29, 0.717) is 5.92 Å². The Morgan fingerprint density at radius 2 is 1.88 bits per heavy atom. The minimum Gasteiger partial charge on any atom is -0.356 e. The fraction of sp³-hybridized carbons (Fsp3) is 0.409. The van der Waals surface area contributed by atoms with Crippen molar-refractivity contribution >= 4 is 17.5 Å². The first-order valence-electron chi connectivity index (χ1n) is 9.53. The molecule has 136 valence electrons. The molecule has 0 aromatic heterocycles. The molecule has 2 unspecified atom stereocenters. The number of nitrogens with zero attached hydrogens (tertiary/aromatic N) is 1. The van der Waals surface area contributed by atoms with Crippen LogP contribution in [0.1, 0.15) is 35.4 Å². The van der Waals surface area contributed by atoms with Crippen molar-refractivity contribution in [3.63, 3.8) is 0 Å². The molecule has 1 saturated carbocycles. The van der Waals surface area contributed by atoms with Crippen LogP contribution < -0.4 is 5.32 Å². The average Bonchev–Trinajstić information content (AvgIpc) is 3.46. The number of nitrogens with one attached hydrogen (secondary N) is 1. The van der Waals surface area contributed by atoms with Crippen LogP contribution in [0.15, 0.2) is 48.5 Å². The van der Waals surface area contributed by atoms with Gasteiger partial charge in [0.15, 0.2) is 0 Å². The maximum absolute atomic E-state index is 12.3. The van der Waals surface area contributed by atoms with E-state index >= 15 is 0 Å². The molecule has 1 N–H and O–H groups in total. The van der Waals surface area contributed by atoms with Crippen molar-refractivity contribution in [2.75, 3.05) is 19.6 Å². The Balaban J connectivity index is 1.18. The number of carbonyl (C=O) groups excluding carboxylic acids is 1. The van der Waals surface area contributed by atoms with E-state index in [-0.39, 0.29) is 11.8 Å². The molecule has 1 amide bonds. The normalized spacial score (nSPS) is 21.9. The van der Waals surface area contributed by atoms with Gasteiger partial charge < -0.3 is 5.32 Å². The van der Waals surface area contributed by atoms with Crippen LogP contribution in [0.25, 0.3) is 0 Å². The summed E-state index contributed by atoms with van der Waals surface area (Å²) >= 11 is 6.24. The minimum absolute atomic E-state index is 0.0942. The third-order valence-electron chi connectivity index (χ3n) is 5.59. The number of benzene rings is 2. The van der Waals surface area contributed by atoms with Crippen LogP contribution in [0.5, 0.6) is 0 Å². The van der Waals surface area contributed by atoms with E-state index in [9.17, 15) is 4.79 Å². The highest BCUT2D eigenvalue weighted by Gasteiger charge is 2.44. The van der Waals surface area contributed by atoms with E-state index in [1.54, 1.807) is 0 Å². The third-order valence-corrected chi connectivity index (χ3v) is 5.94. The van der Waals surface area contributed by atoms with Crippen LogP contribution >= 0.6 is 11.6 Å². The highest BCUT2D eigenvalue weighted by Crippen LogP contribution is 2.49. The molecule has 4 heteroatoms. The van der Waals surface area contributed by atoms with Crippen LogP contribution in [-0.2, 0) is 17.8 Å². The zero-order valence-corrected chi connectivity index (χ0v) is 15.7. The lowest BCUT2D eigenvalue weighted by Gasteiger charge is -2.28. The Morgan fingerprint density at radius 1 is 1.12 bits per heavy atom. The average molecular weight is 369 g/mol. The first kappa shape index (κ1) is 17.6. The monoisotopic (exact) mass is 368 g/mol. The summed E-state index contributed by atoms with van der Waals surface area (Å²) < 4.78 is 0. The van der Waals surface area contributed by atoms with Crippen molar-refractivity contribution in [1.29, 1.82) is 0 Å². The quantitative estimate of drug-likeness (QED) is 0.781. The highest BCUT2D eigenvalue weighted by molar-refractivity contribution is 6.31. The van der Waals surface area contributed by atoms with Crippen molar-refractivity contribution in [2.24, 2.45) is 5.92 Å². The number of hydrogen-bond donors (Lipinski definition) is 1. The molecule has 0 saturated heterocycles. The van der Waals surface area contributed by atoms with Crippen LogP contribution in [-0.4, -0.2) is 30.4 Å². The van der Waals surface area contributed by atoms with Gasteiger partial charge in [-0.25, -0.2) is 0 Å². The van der Waals surface area contributed by atoms with Crippen molar-refractivity contribution in [3.8, 4) is 0 Å². The van der Waals surface area contributed by atoms with Gasteiger partial charge in [0.1, 0.15) is 0 Å². The molecular weight excluding hydrogens is 344 g/mol. The summed E-state index contributed by atoms with van der Waals surface area (Å²) in [6.07, 6.45) is 3.04. The van der Waals surface area contributed by atoms with Gasteiger partial charge in [-0.2, -0.15) is 0 Å². The van der Waals surface area contributed by atoms with Crippen molar-refractivity contribution in [2.45, 2.75) is 31.7 Å². The molecule has 2 aromatic carbocycles. The Kier molecular flexibility index (Phi) is 5.28. The number of fused-ring (bicyclic) bond motifs is 1. The van der Waals surface area contributed by atoms with Crippen molar-refractivity contribution in [1.82, 2.24) is 10.2 Å². The van der Waals surface area contributed by atoms with Gasteiger partial charge >= 0.3 is 0 Å². The predicted molar refractivity (Wildman–Crippen MR) is 105 cm³/mol. The Hall–Kier alpha value is -1.84. The molecule has 1 heterocycles. The van der Waals surface area contributed by atoms with Crippen LogP contribution in [0.3, 0.4) is 0 Å². The van der Waals surface area contributed by atoms with Gasteiger partial charge in [-0.05, 0) is 47.9 Å². The zero-order chi connectivity index (χ0) is 17.9. The van der Waals surface area contributed by atoms with E-state index in [4.69, 9.17) is 11.6 Å². The second-order valence-corrected chi connectivity index (χ2v) is 7.82. The summed E-state index contributed by atoms with van der Waals surface area (Å²) in [7, 11) is 0. The Morgan fingerprint density at radius 3 is 2.73 bits per heavy atom. The first-order valence-corrected chi connectivity index (χ1v) is 9.91. The molecule has 1 fully saturated rings. The number of halogens is 1. The van der Waals surface area contributed by atoms with E-state index in [1.807, 2.05) is 24.3 Å². The molecule has 1 aliphatic carbocycles. The lowest BCUT2D eigenvalue weighted by molar-refractivity contribution is -0.122. The molecular formula is C22H25ClN2O. The van der Waals surface area contributed by atoms with Gasteiger partial charge in [0.2, 0.25) is 5.91 Å². The predicted octanol–water partition coefficient (Wildman–Crippen LogP) is 4.01. The summed E-state index contributed by atoms with van der Waals surface area (Å²) in [5.74, 6) is 0.568. The minimum atomic E-state index is 0.0942. The van der Waals surface area contributed by atoms with E-state index in [0.717, 1.165) is 56.0 Å². The van der Waals surface area contributed by atoms with Crippen molar-refractivity contribution < 1.29 is 4.79 Å². The molecule has 1 aliphatic heterocycles. The largest absolute Gasteiger partial charge is 0.356 e. The first-order chi connectivity index (χ1) is 12.7. The lowest BCUT2D eigenvalue weighted by atomic mass is 10.00. The van der Waals surface area contributed by atoms with E-state index in [1.165, 1.54) is 11.1 Å². The Bertz CT molecular complexity index is 791. The standard InChI is InChI=1S/C22H25ClN2O/c23-21-9-4-3-8-18(21)19-14-20(19)22(26)24-11-5-12-25-13-10-16-6-1-2-7-17(16)15-25/h1-4,6-9,19-20H,5,10-15H2,(H,24,26). The summed E-state index contributed by atoms with van der Waals surface area (Å²) in [5, 5.41) is 3.89. The van der Waals surface area contributed by atoms with E-state index in [2.05, 4.69) is 34.5 Å². The highest BCUT2D eigenvalue weighted by atomic mass is 35.5. The maximum atomic E-state index is 12.3. The van der Waals surface area contributed by atoms with Crippen LogP contribution in [0, 0.1) is 5.92 Å². The number of rotatable bonds is 6. The van der Waals surface area contributed by atoms with Gasteiger partial charge in [-0.1, -0.05) is 54.1 Å². The SMILES string of the molecule is O=C(NCCCN1CCc2ccccc2C1)C1CC1c1ccccc1Cl. The molecule has 3 nitrogen and oxygen atoms in total. The Labute approximate surface area is 160 Å². The van der Waals surface area contributed by atoms with Gasteiger partial charge in [0.05, 0.1) is 0 Å². The summed E-state index contributed by atoms with van der Waals surface area (Å²) in [5.41, 5.74) is 4.04. The molecule has 2 aromatic rings. The summed E-state index contributed by atoms with van der Waals surface area (Å²) in [4.78, 5) is 14.8. The fourth-order valence-electron chi connectivity index (χ4n) is 3.99. The van der Waals surface area contributed by atoms with Crippen LogP contribution in [0.4, 0.5) is 0 Å². The molecule has 2 atom stereocenters. The van der Waals surface area contributed by atoms with E-state index < -0.39 is 0 Å². The third kappa shape index (κ3) is 3.94. The number of amides is 1. The smallest absolute Gasteiger partial charge is 0.223 e. The topological polar surface area (TPSA) is 32.3 Å². The molecule has 0 radical (unpaired) electrons. The number of carbonyl (C=O) groups is 1. The molecule has 2 aliphatic rings. The molecule has 0 spiro atoms. The number of hydrogen-bond acceptors (Lipinski definition) is 2. The molecule has 4 rings (SSSR count). The lowest BCUT2D eigenvalue weighted by Crippen LogP contribution is -2.34. The zero-order valence-electron chi connectivity index (χ0n) is 15.0. The second-order valence-electron chi connectivity index (χ2n) is 7.41. The fourth-order valence-corrected chi connectivity index (χ4v) is 4.27. The van der Waals surface area contributed by atoms with Crippen LogP contribution in [0.2, 0.25) is 5.02 Å². The summed E-state index contributed by atoms with van der Waals surface area (Å²) in [6.45, 7) is 3.93.